The molecule has 1 N–H and O–H groups in total. The van der Waals surface area contributed by atoms with Gasteiger partial charge in [-0.25, -0.2) is 0 Å². The molecule has 1 aromatic carbocycles. The fourth-order valence-corrected chi connectivity index (χ4v) is 2.68. The number of hydrogen-bond donors (Lipinski definition) is 1. The van der Waals surface area contributed by atoms with Crippen molar-refractivity contribution in [2.75, 3.05) is 20.1 Å². The number of halogens is 1. The Morgan fingerprint density at radius 1 is 1.21 bits per heavy atom. The zero-order valence-electron chi connectivity index (χ0n) is 11.9. The molecule has 0 atom stereocenters. The Hall–Kier alpha value is -0.380. The van der Waals surface area contributed by atoms with E-state index in [4.69, 9.17) is 0 Å². The number of nitrogens with one attached hydrogen (secondary N) is 1. The minimum Gasteiger partial charge on any atom is -0.314 e. The van der Waals surface area contributed by atoms with Crippen LogP contribution in [0, 0.1) is 0 Å². The number of rotatable bonds is 9. The molecule has 0 aromatic heterocycles. The summed E-state index contributed by atoms with van der Waals surface area (Å²) in [6.07, 6.45) is 6.75. The predicted octanol–water partition coefficient (Wildman–Crippen LogP) is 3.80. The molecule has 0 spiro atoms. The first-order chi connectivity index (χ1) is 9.25. The molecule has 0 radical (unpaired) electrons. The highest BCUT2D eigenvalue weighted by Crippen LogP contribution is 2.19. The zero-order chi connectivity index (χ0) is 13.5. The fraction of sp³-hybridized carbons (Fsp3) is 0.625. The van der Waals surface area contributed by atoms with Gasteiger partial charge in [-0.2, -0.15) is 0 Å². The summed E-state index contributed by atoms with van der Waals surface area (Å²) in [7, 11) is 2.21. The smallest absolute Gasteiger partial charge is 0.0241 e. The predicted molar refractivity (Wildman–Crippen MR) is 85.4 cm³/mol. The van der Waals surface area contributed by atoms with Gasteiger partial charge < -0.3 is 10.2 Å². The highest BCUT2D eigenvalue weighted by atomic mass is 79.9. The molecule has 1 aromatic rings. The van der Waals surface area contributed by atoms with E-state index in [0.29, 0.717) is 0 Å². The Bertz CT molecular complexity index is 377. The van der Waals surface area contributed by atoms with E-state index in [9.17, 15) is 0 Å². The van der Waals surface area contributed by atoms with Gasteiger partial charge in [0.05, 0.1) is 0 Å². The van der Waals surface area contributed by atoms with E-state index in [2.05, 4.69) is 57.5 Å². The lowest BCUT2D eigenvalue weighted by atomic mass is 10.2. The van der Waals surface area contributed by atoms with Gasteiger partial charge in [0, 0.05) is 17.1 Å². The third-order valence-corrected chi connectivity index (χ3v) is 4.40. The van der Waals surface area contributed by atoms with Gasteiger partial charge in [0.1, 0.15) is 0 Å². The normalized spacial score (nSPS) is 15.1. The summed E-state index contributed by atoms with van der Waals surface area (Å²) in [5.41, 5.74) is 1.38. The third-order valence-electron chi connectivity index (χ3n) is 3.63. The summed E-state index contributed by atoms with van der Waals surface area (Å²) in [4.78, 5) is 2.41. The standard InChI is InChI=1S/C16H25BrN2/c1-19(13-14-7-3-4-8-16(14)17)12-6-2-5-11-18-15-9-10-15/h3-4,7-8,15,18H,2,5-6,9-13H2,1H3. The number of benzene rings is 1. The van der Waals surface area contributed by atoms with Crippen molar-refractivity contribution in [3.05, 3.63) is 34.3 Å². The van der Waals surface area contributed by atoms with E-state index in [-0.39, 0.29) is 0 Å². The van der Waals surface area contributed by atoms with Crippen LogP contribution >= 0.6 is 15.9 Å². The van der Waals surface area contributed by atoms with Gasteiger partial charge in [0.15, 0.2) is 0 Å². The van der Waals surface area contributed by atoms with E-state index in [1.807, 2.05) is 0 Å². The van der Waals surface area contributed by atoms with E-state index >= 15 is 0 Å². The molecular weight excluding hydrogens is 300 g/mol. The highest BCUT2D eigenvalue weighted by molar-refractivity contribution is 9.10. The Morgan fingerprint density at radius 3 is 2.74 bits per heavy atom. The van der Waals surface area contributed by atoms with Crippen LogP contribution in [0.2, 0.25) is 0 Å². The first kappa shape index (κ1) is 15.0. The SMILES string of the molecule is CN(CCCCCNC1CC1)Cc1ccccc1Br. The number of nitrogens with zero attached hydrogens (tertiary/aromatic N) is 1. The van der Waals surface area contributed by atoms with Crippen LogP contribution in [0.4, 0.5) is 0 Å². The van der Waals surface area contributed by atoms with Crippen LogP contribution in [0.25, 0.3) is 0 Å². The van der Waals surface area contributed by atoms with Gasteiger partial charge in [0.2, 0.25) is 0 Å². The van der Waals surface area contributed by atoms with Crippen molar-refractivity contribution in [3.8, 4) is 0 Å². The highest BCUT2D eigenvalue weighted by Gasteiger charge is 2.19. The van der Waals surface area contributed by atoms with Crippen molar-refractivity contribution >= 4 is 15.9 Å². The number of hydrogen-bond acceptors (Lipinski definition) is 2. The molecule has 1 aliphatic carbocycles. The summed E-state index contributed by atoms with van der Waals surface area (Å²) in [5, 5.41) is 3.57. The molecule has 1 aliphatic rings. The molecule has 0 aliphatic heterocycles. The first-order valence-corrected chi connectivity index (χ1v) is 8.20. The Kier molecular flexibility index (Phi) is 6.35. The van der Waals surface area contributed by atoms with Crippen molar-refractivity contribution in [3.63, 3.8) is 0 Å². The van der Waals surface area contributed by atoms with Crippen molar-refractivity contribution in [2.24, 2.45) is 0 Å². The van der Waals surface area contributed by atoms with Gasteiger partial charge in [-0.3, -0.25) is 0 Å². The Balaban J connectivity index is 1.53. The van der Waals surface area contributed by atoms with Crippen LogP contribution in [0.3, 0.4) is 0 Å². The lowest BCUT2D eigenvalue weighted by Gasteiger charge is -2.17. The second-order valence-corrected chi connectivity index (χ2v) is 6.47. The fourth-order valence-electron chi connectivity index (χ4n) is 2.27. The maximum absolute atomic E-state index is 3.61. The first-order valence-electron chi connectivity index (χ1n) is 7.41. The monoisotopic (exact) mass is 324 g/mol. The summed E-state index contributed by atoms with van der Waals surface area (Å²) in [6, 6.07) is 9.35. The molecule has 0 amide bonds. The van der Waals surface area contributed by atoms with Gasteiger partial charge in [-0.1, -0.05) is 40.5 Å². The molecule has 0 bridgehead atoms. The van der Waals surface area contributed by atoms with Gasteiger partial charge in [-0.05, 0) is 57.5 Å². The van der Waals surface area contributed by atoms with Gasteiger partial charge in [-0.15, -0.1) is 0 Å². The van der Waals surface area contributed by atoms with E-state index < -0.39 is 0 Å². The minimum absolute atomic E-state index is 0.859. The topological polar surface area (TPSA) is 15.3 Å². The quantitative estimate of drug-likeness (QED) is 0.695. The molecule has 1 fully saturated rings. The van der Waals surface area contributed by atoms with Crippen molar-refractivity contribution in [1.29, 1.82) is 0 Å². The van der Waals surface area contributed by atoms with E-state index in [1.54, 1.807) is 0 Å². The van der Waals surface area contributed by atoms with Crippen LogP contribution in [0.5, 0.6) is 0 Å². The number of unbranched alkanes of at least 4 members (excludes halogenated alkanes) is 2. The molecule has 106 valence electrons. The maximum Gasteiger partial charge on any atom is 0.0241 e. The lowest BCUT2D eigenvalue weighted by Crippen LogP contribution is -2.20. The molecule has 0 heterocycles. The third kappa shape index (κ3) is 6.07. The Labute approximate surface area is 125 Å². The molecule has 3 heteroatoms. The van der Waals surface area contributed by atoms with Crippen LogP contribution in [-0.2, 0) is 6.54 Å². The second-order valence-electron chi connectivity index (χ2n) is 5.62. The molecule has 1 saturated carbocycles. The summed E-state index contributed by atoms with van der Waals surface area (Å²) >= 11 is 3.61. The van der Waals surface area contributed by atoms with Crippen molar-refractivity contribution in [1.82, 2.24) is 10.2 Å². The molecular formula is C16H25BrN2. The molecule has 19 heavy (non-hydrogen) atoms. The zero-order valence-corrected chi connectivity index (χ0v) is 13.5. The van der Waals surface area contributed by atoms with Crippen LogP contribution in [0.1, 0.15) is 37.7 Å². The minimum atomic E-state index is 0.859. The summed E-state index contributed by atoms with van der Waals surface area (Å²) < 4.78 is 1.22. The molecule has 2 rings (SSSR count). The van der Waals surface area contributed by atoms with Gasteiger partial charge >= 0.3 is 0 Å². The molecule has 2 nitrogen and oxygen atoms in total. The second kappa shape index (κ2) is 8.03. The van der Waals surface area contributed by atoms with Crippen molar-refractivity contribution < 1.29 is 0 Å². The lowest BCUT2D eigenvalue weighted by molar-refractivity contribution is 0.316. The average molecular weight is 325 g/mol. The molecule has 0 unspecified atom stereocenters. The van der Waals surface area contributed by atoms with E-state index in [1.165, 1.54) is 55.2 Å². The van der Waals surface area contributed by atoms with Crippen molar-refractivity contribution in [2.45, 2.75) is 44.7 Å². The maximum atomic E-state index is 3.61. The van der Waals surface area contributed by atoms with Crippen LogP contribution < -0.4 is 5.32 Å². The van der Waals surface area contributed by atoms with Crippen LogP contribution in [0.15, 0.2) is 28.7 Å². The van der Waals surface area contributed by atoms with Gasteiger partial charge in [0.25, 0.3) is 0 Å². The Morgan fingerprint density at radius 2 is 2.00 bits per heavy atom. The molecule has 0 saturated heterocycles. The van der Waals surface area contributed by atoms with E-state index in [0.717, 1.165) is 12.6 Å². The largest absolute Gasteiger partial charge is 0.314 e. The summed E-state index contributed by atoms with van der Waals surface area (Å²) in [5.74, 6) is 0. The summed E-state index contributed by atoms with van der Waals surface area (Å²) in [6.45, 7) is 3.42. The van der Waals surface area contributed by atoms with Crippen LogP contribution in [-0.4, -0.2) is 31.1 Å². The average Bonchev–Trinajstić information content (AvgIpc) is 3.20.